The first-order valence-electron chi connectivity index (χ1n) is 8.69. The molecule has 8 heteroatoms. The van der Waals surface area contributed by atoms with E-state index in [9.17, 15) is 10.1 Å². The van der Waals surface area contributed by atoms with Crippen LogP contribution >= 0.6 is 0 Å². The molecule has 2 heterocycles. The Kier molecular flexibility index (Phi) is 5.65. The van der Waals surface area contributed by atoms with E-state index in [1.807, 2.05) is 13.0 Å². The van der Waals surface area contributed by atoms with E-state index in [2.05, 4.69) is 21.2 Å². The zero-order chi connectivity index (χ0) is 20.1. The number of aryl methyl sites for hydroxylation is 1. The molecule has 0 aliphatic rings. The van der Waals surface area contributed by atoms with Gasteiger partial charge in [0, 0.05) is 23.9 Å². The summed E-state index contributed by atoms with van der Waals surface area (Å²) in [5.74, 6) is 0.990. The van der Waals surface area contributed by atoms with Crippen LogP contribution < -0.4 is 4.74 Å². The summed E-state index contributed by atoms with van der Waals surface area (Å²) in [6, 6.07) is 10.9. The number of carbonyl (C=O) groups excluding carboxylic acids is 1. The van der Waals surface area contributed by atoms with Gasteiger partial charge in [-0.15, -0.1) is 0 Å². The zero-order valence-electron chi connectivity index (χ0n) is 15.8. The summed E-state index contributed by atoms with van der Waals surface area (Å²) in [6.07, 6.45) is 1.57. The molecule has 0 spiro atoms. The Balaban J connectivity index is 1.93. The van der Waals surface area contributed by atoms with Crippen LogP contribution in [0.15, 0.2) is 41.1 Å². The lowest BCUT2D eigenvalue weighted by Gasteiger charge is -2.19. The number of nitrogens with zero attached hydrogens (tertiary/aromatic N) is 5. The summed E-state index contributed by atoms with van der Waals surface area (Å²) < 4.78 is 10.3. The first-order chi connectivity index (χ1) is 13.6. The van der Waals surface area contributed by atoms with E-state index in [0.717, 1.165) is 5.56 Å². The van der Waals surface area contributed by atoms with Crippen LogP contribution in [0.5, 0.6) is 5.88 Å². The molecule has 28 heavy (non-hydrogen) atoms. The van der Waals surface area contributed by atoms with Crippen molar-refractivity contribution in [1.29, 1.82) is 5.26 Å². The minimum Gasteiger partial charge on any atom is -0.480 e. The minimum atomic E-state index is -0.167. The number of hydrogen-bond acceptors (Lipinski definition) is 7. The molecule has 0 N–H and O–H groups in total. The molecule has 0 bridgehead atoms. The van der Waals surface area contributed by atoms with Crippen LogP contribution in [0.1, 0.15) is 34.6 Å². The van der Waals surface area contributed by atoms with Crippen LogP contribution in [0.2, 0.25) is 0 Å². The Morgan fingerprint density at radius 1 is 1.36 bits per heavy atom. The lowest BCUT2D eigenvalue weighted by atomic mass is 9.99. The van der Waals surface area contributed by atoms with Crippen LogP contribution in [-0.2, 0) is 6.54 Å². The number of carbonyl (C=O) groups is 1. The predicted molar refractivity (Wildman–Crippen MR) is 100 cm³/mol. The second kappa shape index (κ2) is 8.31. The normalized spacial score (nSPS) is 10.4. The molecule has 8 nitrogen and oxygen atoms in total. The lowest BCUT2D eigenvalue weighted by molar-refractivity contribution is 0.0734. The fourth-order valence-electron chi connectivity index (χ4n) is 2.84. The molecule has 1 amide bonds. The van der Waals surface area contributed by atoms with Crippen molar-refractivity contribution in [3.8, 4) is 23.1 Å². The van der Waals surface area contributed by atoms with Gasteiger partial charge in [0.05, 0.1) is 7.11 Å². The quantitative estimate of drug-likeness (QED) is 0.650. The van der Waals surface area contributed by atoms with Gasteiger partial charge in [0.15, 0.2) is 5.82 Å². The van der Waals surface area contributed by atoms with Gasteiger partial charge in [0.2, 0.25) is 11.8 Å². The smallest absolute Gasteiger partial charge is 0.254 e. The minimum absolute atomic E-state index is 0.167. The molecule has 0 atom stereocenters. The van der Waals surface area contributed by atoms with Crippen LogP contribution in [0.3, 0.4) is 0 Å². The highest BCUT2D eigenvalue weighted by Gasteiger charge is 2.19. The lowest BCUT2D eigenvalue weighted by Crippen LogP contribution is -2.30. The number of benzene rings is 1. The van der Waals surface area contributed by atoms with E-state index in [0.29, 0.717) is 35.0 Å². The molecule has 2 aromatic heterocycles. The molecule has 3 rings (SSSR count). The van der Waals surface area contributed by atoms with Crippen LogP contribution in [0, 0.1) is 18.3 Å². The molecule has 3 aromatic rings. The van der Waals surface area contributed by atoms with Gasteiger partial charge in [-0.1, -0.05) is 17.3 Å². The van der Waals surface area contributed by atoms with Gasteiger partial charge >= 0.3 is 0 Å². The molecule has 0 fully saturated rings. The molecular formula is C20H19N5O3. The molecule has 142 valence electrons. The van der Waals surface area contributed by atoms with Gasteiger partial charge in [-0.3, -0.25) is 4.79 Å². The SMILES string of the molecule is CCN(Cc1nc(C)no1)C(=O)c1cccc(-c2ccnc(OC)c2C#N)c1. The summed E-state index contributed by atoms with van der Waals surface area (Å²) in [4.78, 5) is 22.8. The highest BCUT2D eigenvalue weighted by Crippen LogP contribution is 2.29. The third-order valence-corrected chi connectivity index (χ3v) is 4.21. The van der Waals surface area contributed by atoms with Gasteiger partial charge < -0.3 is 14.2 Å². The monoisotopic (exact) mass is 377 g/mol. The molecule has 0 aliphatic heterocycles. The predicted octanol–water partition coefficient (Wildman–Crippen LogP) is 2.98. The van der Waals surface area contributed by atoms with E-state index >= 15 is 0 Å². The van der Waals surface area contributed by atoms with Gasteiger partial charge in [-0.05, 0) is 37.6 Å². The maximum absolute atomic E-state index is 13.0. The molecule has 0 saturated carbocycles. The highest BCUT2D eigenvalue weighted by atomic mass is 16.5. The number of nitriles is 1. The average Bonchev–Trinajstić information content (AvgIpc) is 3.15. The van der Waals surface area contributed by atoms with Crippen molar-refractivity contribution in [3.63, 3.8) is 0 Å². The van der Waals surface area contributed by atoms with Crippen LogP contribution in [0.4, 0.5) is 0 Å². The van der Waals surface area contributed by atoms with Crippen molar-refractivity contribution in [2.75, 3.05) is 13.7 Å². The first-order valence-corrected chi connectivity index (χ1v) is 8.69. The van der Waals surface area contributed by atoms with Crippen molar-refractivity contribution in [2.24, 2.45) is 0 Å². The van der Waals surface area contributed by atoms with Crippen molar-refractivity contribution in [2.45, 2.75) is 20.4 Å². The topological polar surface area (TPSA) is 105 Å². The van der Waals surface area contributed by atoms with Gasteiger partial charge in [-0.2, -0.15) is 10.2 Å². The fourth-order valence-corrected chi connectivity index (χ4v) is 2.84. The van der Waals surface area contributed by atoms with Gasteiger partial charge in [-0.25, -0.2) is 4.98 Å². The average molecular weight is 377 g/mol. The van der Waals surface area contributed by atoms with E-state index in [1.54, 1.807) is 42.3 Å². The molecule has 0 radical (unpaired) electrons. The van der Waals surface area contributed by atoms with E-state index in [4.69, 9.17) is 9.26 Å². The Bertz CT molecular complexity index is 1040. The van der Waals surface area contributed by atoms with E-state index in [1.165, 1.54) is 7.11 Å². The number of pyridine rings is 1. The molecule has 0 aliphatic carbocycles. The Morgan fingerprint density at radius 2 is 2.18 bits per heavy atom. The fraction of sp³-hybridized carbons (Fsp3) is 0.250. The van der Waals surface area contributed by atoms with Gasteiger partial charge in [0.1, 0.15) is 18.2 Å². The largest absolute Gasteiger partial charge is 0.480 e. The molecule has 0 saturated heterocycles. The molecule has 0 unspecified atom stereocenters. The summed E-state index contributed by atoms with van der Waals surface area (Å²) in [6.45, 7) is 4.32. The van der Waals surface area contributed by atoms with E-state index < -0.39 is 0 Å². The van der Waals surface area contributed by atoms with Crippen molar-refractivity contribution in [1.82, 2.24) is 20.0 Å². The maximum Gasteiger partial charge on any atom is 0.254 e. The summed E-state index contributed by atoms with van der Waals surface area (Å²) in [5, 5.41) is 13.2. The summed E-state index contributed by atoms with van der Waals surface area (Å²) >= 11 is 0. The summed E-state index contributed by atoms with van der Waals surface area (Å²) in [5.41, 5.74) is 2.20. The van der Waals surface area contributed by atoms with Crippen LogP contribution in [-0.4, -0.2) is 39.6 Å². The zero-order valence-corrected chi connectivity index (χ0v) is 15.8. The third-order valence-electron chi connectivity index (χ3n) is 4.21. The Labute approximate surface area is 162 Å². The molecule has 1 aromatic carbocycles. The summed E-state index contributed by atoms with van der Waals surface area (Å²) in [7, 11) is 1.46. The van der Waals surface area contributed by atoms with Crippen molar-refractivity contribution >= 4 is 5.91 Å². The number of hydrogen-bond donors (Lipinski definition) is 0. The van der Waals surface area contributed by atoms with Crippen molar-refractivity contribution in [3.05, 3.63) is 59.4 Å². The number of methoxy groups -OCH3 is 1. The highest BCUT2D eigenvalue weighted by molar-refractivity contribution is 5.95. The number of aromatic nitrogens is 3. The van der Waals surface area contributed by atoms with Crippen LogP contribution in [0.25, 0.3) is 11.1 Å². The Hall–Kier alpha value is -3.73. The third kappa shape index (κ3) is 3.83. The molecular weight excluding hydrogens is 358 g/mol. The number of rotatable bonds is 6. The van der Waals surface area contributed by atoms with E-state index in [-0.39, 0.29) is 18.3 Å². The standard InChI is InChI=1S/C20H19N5O3/c1-4-25(12-18-23-13(2)24-28-18)20(26)15-7-5-6-14(10-15)16-8-9-22-19(27-3)17(16)11-21/h5-10H,4,12H2,1-3H3. The Morgan fingerprint density at radius 3 is 2.82 bits per heavy atom. The first kappa shape index (κ1) is 19.0. The second-order valence-corrected chi connectivity index (χ2v) is 5.99. The second-order valence-electron chi connectivity index (χ2n) is 5.99. The van der Waals surface area contributed by atoms with Crippen molar-refractivity contribution < 1.29 is 14.1 Å². The number of ether oxygens (including phenoxy) is 1. The van der Waals surface area contributed by atoms with Gasteiger partial charge in [0.25, 0.3) is 5.91 Å². The number of amides is 1. The maximum atomic E-state index is 13.0.